The van der Waals surface area contributed by atoms with Crippen LogP contribution in [0, 0.1) is 0 Å². The normalized spacial score (nSPS) is 15.2. The summed E-state index contributed by atoms with van der Waals surface area (Å²) in [4.78, 5) is 25.0. The number of nitrogens with zero attached hydrogens (tertiary/aromatic N) is 4. The average molecular weight is 360 g/mol. The Balaban J connectivity index is 1.50. The van der Waals surface area contributed by atoms with Crippen molar-refractivity contribution in [2.45, 2.75) is 6.42 Å². The van der Waals surface area contributed by atoms with Crippen molar-refractivity contribution >= 4 is 23.3 Å². The minimum atomic E-state index is -0.0479. The molecule has 0 aliphatic carbocycles. The zero-order valence-electron chi connectivity index (χ0n) is 14.3. The molecule has 0 bridgehead atoms. The van der Waals surface area contributed by atoms with Crippen LogP contribution in [0.15, 0.2) is 36.7 Å². The lowest BCUT2D eigenvalue weighted by Gasteiger charge is -2.32. The van der Waals surface area contributed by atoms with Crippen molar-refractivity contribution in [3.05, 3.63) is 52.9 Å². The molecule has 0 spiro atoms. The summed E-state index contributed by atoms with van der Waals surface area (Å²) >= 11 is 5.88. The lowest BCUT2D eigenvalue weighted by atomic mass is 10.1. The molecule has 1 saturated heterocycles. The second kappa shape index (κ2) is 8.27. The fourth-order valence-corrected chi connectivity index (χ4v) is 2.81. The second-order valence-corrected chi connectivity index (χ2v) is 6.62. The SMILES string of the molecule is CN1CCN(C(=O)c2cnc(NCCc3ccc(Cl)cc3)cn2)CC1. The molecule has 1 N–H and O–H groups in total. The third kappa shape index (κ3) is 4.90. The number of aromatic nitrogens is 2. The molecule has 7 heteroatoms. The van der Waals surface area contributed by atoms with E-state index in [2.05, 4.69) is 27.2 Å². The first-order valence-corrected chi connectivity index (χ1v) is 8.78. The molecule has 1 aromatic heterocycles. The average Bonchev–Trinajstić information content (AvgIpc) is 2.64. The highest BCUT2D eigenvalue weighted by molar-refractivity contribution is 6.30. The lowest BCUT2D eigenvalue weighted by Crippen LogP contribution is -2.47. The number of carbonyl (C=O) groups excluding carboxylic acids is 1. The molecule has 6 nitrogen and oxygen atoms in total. The van der Waals surface area contributed by atoms with Gasteiger partial charge < -0.3 is 15.1 Å². The van der Waals surface area contributed by atoms with Gasteiger partial charge in [0.2, 0.25) is 0 Å². The van der Waals surface area contributed by atoms with Crippen LogP contribution in [0.4, 0.5) is 5.82 Å². The van der Waals surface area contributed by atoms with Crippen molar-refractivity contribution in [3.63, 3.8) is 0 Å². The summed E-state index contributed by atoms with van der Waals surface area (Å²) in [5.41, 5.74) is 1.60. The van der Waals surface area contributed by atoms with E-state index in [1.807, 2.05) is 29.2 Å². The summed E-state index contributed by atoms with van der Waals surface area (Å²) < 4.78 is 0. The van der Waals surface area contributed by atoms with Crippen LogP contribution >= 0.6 is 11.6 Å². The van der Waals surface area contributed by atoms with Crippen molar-refractivity contribution in [3.8, 4) is 0 Å². The molecule has 0 unspecified atom stereocenters. The van der Waals surface area contributed by atoms with Gasteiger partial charge in [-0.3, -0.25) is 4.79 Å². The Bertz CT molecular complexity index is 696. The van der Waals surface area contributed by atoms with Crippen molar-refractivity contribution in [1.29, 1.82) is 0 Å². The molecule has 0 atom stereocenters. The van der Waals surface area contributed by atoms with Crippen LogP contribution in [0.2, 0.25) is 5.02 Å². The van der Waals surface area contributed by atoms with E-state index in [0.29, 0.717) is 11.5 Å². The number of carbonyl (C=O) groups is 1. The molecule has 3 rings (SSSR count). The predicted molar refractivity (Wildman–Crippen MR) is 99.1 cm³/mol. The first kappa shape index (κ1) is 17.6. The van der Waals surface area contributed by atoms with Crippen LogP contribution in [0.25, 0.3) is 0 Å². The Morgan fingerprint density at radius 1 is 1.12 bits per heavy atom. The number of hydrogen-bond donors (Lipinski definition) is 1. The summed E-state index contributed by atoms with van der Waals surface area (Å²) in [6.45, 7) is 3.99. The first-order chi connectivity index (χ1) is 12.1. The second-order valence-electron chi connectivity index (χ2n) is 6.19. The van der Waals surface area contributed by atoms with E-state index in [4.69, 9.17) is 11.6 Å². The van der Waals surface area contributed by atoms with Crippen LogP contribution in [-0.4, -0.2) is 65.4 Å². The molecule has 2 heterocycles. The summed E-state index contributed by atoms with van der Waals surface area (Å²) in [6.07, 6.45) is 4.03. The smallest absolute Gasteiger partial charge is 0.274 e. The third-order valence-corrected chi connectivity index (χ3v) is 4.55. The maximum Gasteiger partial charge on any atom is 0.274 e. The maximum absolute atomic E-state index is 12.4. The van der Waals surface area contributed by atoms with Crippen molar-refractivity contribution in [2.24, 2.45) is 0 Å². The molecule has 25 heavy (non-hydrogen) atoms. The van der Waals surface area contributed by atoms with Gasteiger partial charge >= 0.3 is 0 Å². The molecular weight excluding hydrogens is 338 g/mol. The molecule has 1 amide bonds. The van der Waals surface area contributed by atoms with Crippen LogP contribution in [0.5, 0.6) is 0 Å². The number of piperazine rings is 1. The Morgan fingerprint density at radius 3 is 2.48 bits per heavy atom. The minimum absolute atomic E-state index is 0.0479. The van der Waals surface area contributed by atoms with Crippen LogP contribution in [0.3, 0.4) is 0 Å². The number of nitrogens with one attached hydrogen (secondary N) is 1. The molecule has 0 saturated carbocycles. The largest absolute Gasteiger partial charge is 0.368 e. The zero-order valence-corrected chi connectivity index (χ0v) is 15.0. The highest BCUT2D eigenvalue weighted by Crippen LogP contribution is 2.11. The van der Waals surface area contributed by atoms with Gasteiger partial charge in [-0.15, -0.1) is 0 Å². The molecular formula is C18H22ClN5O. The highest BCUT2D eigenvalue weighted by atomic mass is 35.5. The van der Waals surface area contributed by atoms with E-state index < -0.39 is 0 Å². The number of likely N-dealkylation sites (N-methyl/N-ethyl adjacent to an activating group) is 1. The van der Waals surface area contributed by atoms with Gasteiger partial charge in [-0.25, -0.2) is 9.97 Å². The van der Waals surface area contributed by atoms with Gasteiger partial charge in [0.15, 0.2) is 0 Å². The Morgan fingerprint density at radius 2 is 1.84 bits per heavy atom. The number of rotatable bonds is 5. The monoisotopic (exact) mass is 359 g/mol. The number of anilines is 1. The topological polar surface area (TPSA) is 61.4 Å². The van der Waals surface area contributed by atoms with E-state index in [-0.39, 0.29) is 5.91 Å². The molecule has 1 aliphatic rings. The van der Waals surface area contributed by atoms with Gasteiger partial charge in [0.1, 0.15) is 11.5 Å². The summed E-state index contributed by atoms with van der Waals surface area (Å²) in [7, 11) is 2.06. The lowest BCUT2D eigenvalue weighted by molar-refractivity contribution is 0.0658. The Kier molecular flexibility index (Phi) is 5.83. The summed E-state index contributed by atoms with van der Waals surface area (Å²) in [6, 6.07) is 7.78. The fourth-order valence-electron chi connectivity index (χ4n) is 2.69. The van der Waals surface area contributed by atoms with E-state index in [0.717, 1.165) is 44.2 Å². The number of benzene rings is 1. The van der Waals surface area contributed by atoms with Gasteiger partial charge in [-0.1, -0.05) is 23.7 Å². The van der Waals surface area contributed by atoms with Gasteiger partial charge in [0.25, 0.3) is 5.91 Å². The van der Waals surface area contributed by atoms with Crippen molar-refractivity contribution in [1.82, 2.24) is 19.8 Å². The van der Waals surface area contributed by atoms with E-state index in [9.17, 15) is 4.79 Å². The van der Waals surface area contributed by atoms with E-state index >= 15 is 0 Å². The molecule has 2 aromatic rings. The van der Waals surface area contributed by atoms with Gasteiger partial charge in [-0.2, -0.15) is 0 Å². The van der Waals surface area contributed by atoms with Crippen molar-refractivity contribution in [2.75, 3.05) is 45.1 Å². The quantitative estimate of drug-likeness (QED) is 0.886. The highest BCUT2D eigenvalue weighted by Gasteiger charge is 2.21. The fraction of sp³-hybridized carbons (Fsp3) is 0.389. The zero-order chi connectivity index (χ0) is 17.6. The van der Waals surface area contributed by atoms with Gasteiger partial charge in [-0.05, 0) is 31.2 Å². The molecule has 1 fully saturated rings. The number of amides is 1. The van der Waals surface area contributed by atoms with E-state index in [1.54, 1.807) is 12.4 Å². The third-order valence-electron chi connectivity index (χ3n) is 4.29. The maximum atomic E-state index is 12.4. The summed E-state index contributed by atoms with van der Waals surface area (Å²) in [5, 5.41) is 3.96. The van der Waals surface area contributed by atoms with Crippen LogP contribution < -0.4 is 5.32 Å². The molecule has 132 valence electrons. The Hall–Kier alpha value is -2.18. The predicted octanol–water partition coefficient (Wildman–Crippen LogP) is 2.17. The van der Waals surface area contributed by atoms with Crippen LogP contribution in [0.1, 0.15) is 16.1 Å². The van der Waals surface area contributed by atoms with Gasteiger partial charge in [0, 0.05) is 37.7 Å². The summed E-state index contributed by atoms with van der Waals surface area (Å²) in [5.74, 6) is 0.622. The number of halogens is 1. The number of hydrogen-bond acceptors (Lipinski definition) is 5. The standard InChI is InChI=1S/C18H22ClN5O/c1-23-8-10-24(11-9-23)18(25)16-12-22-17(13-21-16)20-7-6-14-2-4-15(19)5-3-14/h2-5,12-13H,6-11H2,1H3,(H,20,22). The van der Waals surface area contributed by atoms with E-state index in [1.165, 1.54) is 5.56 Å². The first-order valence-electron chi connectivity index (χ1n) is 8.40. The molecule has 1 aromatic carbocycles. The molecule has 1 aliphatic heterocycles. The molecule has 0 radical (unpaired) electrons. The van der Waals surface area contributed by atoms with Gasteiger partial charge in [0.05, 0.1) is 12.4 Å². The van der Waals surface area contributed by atoms with Crippen molar-refractivity contribution < 1.29 is 4.79 Å². The minimum Gasteiger partial charge on any atom is -0.368 e. The Labute approximate surface area is 152 Å². The van der Waals surface area contributed by atoms with Crippen LogP contribution in [-0.2, 0) is 6.42 Å².